The van der Waals surface area contributed by atoms with E-state index in [0.717, 1.165) is 29.1 Å². The van der Waals surface area contributed by atoms with Crippen molar-refractivity contribution in [3.8, 4) is 22.5 Å². The van der Waals surface area contributed by atoms with Gasteiger partial charge in [0.1, 0.15) is 5.82 Å². The Labute approximate surface area is 155 Å². The number of likely N-dealkylation sites (N-methyl/N-ethyl adjacent to an activating group) is 1. The lowest BCUT2D eigenvalue weighted by Crippen LogP contribution is -2.21. The monoisotopic (exact) mass is 371 g/mol. The van der Waals surface area contributed by atoms with Crippen LogP contribution in [0.15, 0.2) is 24.3 Å². The Balaban J connectivity index is 2.19. The molecule has 0 saturated carbocycles. The minimum atomic E-state index is -0.964. The van der Waals surface area contributed by atoms with Crippen molar-refractivity contribution < 1.29 is 13.6 Å². The molecule has 2 aromatic heterocycles. The Bertz CT molecular complexity index is 1030. The van der Waals surface area contributed by atoms with Crippen molar-refractivity contribution in [1.82, 2.24) is 25.1 Å². The molecule has 0 aliphatic heterocycles. The second kappa shape index (κ2) is 7.22. The molecule has 0 aliphatic rings. The lowest BCUT2D eigenvalue weighted by atomic mass is 10.1. The van der Waals surface area contributed by atoms with Gasteiger partial charge >= 0.3 is 0 Å². The predicted octanol–water partition coefficient (Wildman–Crippen LogP) is 2.73. The maximum Gasteiger partial charge on any atom is 0.227 e. The largest absolute Gasteiger partial charge is 0.359 e. The standard InChI is InChI=1S/C19H19F2N5O/c1-10-19(11(2)26(4)25-10)16-8-15(12-5-6-13(20)14(21)7-12)23-17(24-16)9-18(27)22-3/h5-8H,9H2,1-4H3,(H,22,27). The first-order chi connectivity index (χ1) is 12.8. The van der Waals surface area contributed by atoms with Crippen molar-refractivity contribution >= 4 is 5.91 Å². The minimum absolute atomic E-state index is 0.0284. The zero-order chi connectivity index (χ0) is 19.7. The maximum absolute atomic E-state index is 13.7. The molecule has 1 N–H and O–H groups in total. The van der Waals surface area contributed by atoms with Gasteiger partial charge in [-0.15, -0.1) is 0 Å². The normalized spacial score (nSPS) is 10.9. The average molecular weight is 371 g/mol. The van der Waals surface area contributed by atoms with E-state index in [4.69, 9.17) is 0 Å². The first-order valence-electron chi connectivity index (χ1n) is 8.34. The number of hydrogen-bond acceptors (Lipinski definition) is 4. The summed E-state index contributed by atoms with van der Waals surface area (Å²) in [4.78, 5) is 20.7. The van der Waals surface area contributed by atoms with Gasteiger partial charge in [-0.2, -0.15) is 5.10 Å². The van der Waals surface area contributed by atoms with Crippen LogP contribution in [0.5, 0.6) is 0 Å². The first-order valence-corrected chi connectivity index (χ1v) is 8.34. The summed E-state index contributed by atoms with van der Waals surface area (Å²) in [6, 6.07) is 5.26. The van der Waals surface area contributed by atoms with Gasteiger partial charge in [0, 0.05) is 30.9 Å². The van der Waals surface area contributed by atoms with E-state index in [0.29, 0.717) is 17.0 Å². The number of rotatable bonds is 4. The summed E-state index contributed by atoms with van der Waals surface area (Å²) in [7, 11) is 3.35. The number of amides is 1. The van der Waals surface area contributed by atoms with Crippen LogP contribution in [0.2, 0.25) is 0 Å². The van der Waals surface area contributed by atoms with Crippen LogP contribution in [0.25, 0.3) is 22.5 Å². The molecule has 8 heteroatoms. The number of benzene rings is 1. The number of halogens is 2. The minimum Gasteiger partial charge on any atom is -0.359 e. The van der Waals surface area contributed by atoms with E-state index in [1.807, 2.05) is 20.9 Å². The zero-order valence-electron chi connectivity index (χ0n) is 15.5. The summed E-state index contributed by atoms with van der Waals surface area (Å²) in [6.45, 7) is 3.77. The van der Waals surface area contributed by atoms with Crippen LogP contribution in [0, 0.1) is 25.5 Å². The van der Waals surface area contributed by atoms with E-state index >= 15 is 0 Å². The number of aryl methyl sites for hydroxylation is 2. The van der Waals surface area contributed by atoms with Crippen LogP contribution >= 0.6 is 0 Å². The zero-order valence-corrected chi connectivity index (χ0v) is 15.5. The third-order valence-corrected chi connectivity index (χ3v) is 4.35. The molecular formula is C19H19F2N5O. The lowest BCUT2D eigenvalue weighted by Gasteiger charge is -2.09. The molecule has 3 rings (SSSR count). The molecule has 0 bridgehead atoms. The van der Waals surface area contributed by atoms with Crippen molar-refractivity contribution in [2.75, 3.05) is 7.05 Å². The molecule has 140 valence electrons. The van der Waals surface area contributed by atoms with E-state index in [9.17, 15) is 13.6 Å². The highest BCUT2D eigenvalue weighted by Gasteiger charge is 2.17. The molecule has 2 heterocycles. The Morgan fingerprint density at radius 3 is 2.41 bits per heavy atom. The van der Waals surface area contributed by atoms with E-state index in [2.05, 4.69) is 20.4 Å². The highest BCUT2D eigenvalue weighted by atomic mass is 19.2. The SMILES string of the molecule is CNC(=O)Cc1nc(-c2ccc(F)c(F)c2)cc(-c2c(C)nn(C)c2C)n1. The number of carbonyl (C=O) groups excluding carboxylic acids is 1. The van der Waals surface area contributed by atoms with Gasteiger partial charge in [-0.25, -0.2) is 18.7 Å². The summed E-state index contributed by atoms with van der Waals surface area (Å²) in [5, 5.41) is 6.92. The highest BCUT2D eigenvalue weighted by Crippen LogP contribution is 2.29. The molecule has 0 aliphatic carbocycles. The fraction of sp³-hybridized carbons (Fsp3) is 0.263. The number of carbonyl (C=O) groups is 1. The van der Waals surface area contributed by atoms with E-state index in [1.54, 1.807) is 10.7 Å². The first kappa shape index (κ1) is 18.6. The molecular weight excluding hydrogens is 352 g/mol. The van der Waals surface area contributed by atoms with Crippen LogP contribution in [0.3, 0.4) is 0 Å². The quantitative estimate of drug-likeness (QED) is 0.765. The van der Waals surface area contributed by atoms with Gasteiger partial charge in [0.2, 0.25) is 5.91 Å². The molecule has 27 heavy (non-hydrogen) atoms. The van der Waals surface area contributed by atoms with Gasteiger partial charge in [0.15, 0.2) is 11.6 Å². The number of nitrogens with one attached hydrogen (secondary N) is 1. The third-order valence-electron chi connectivity index (χ3n) is 4.35. The van der Waals surface area contributed by atoms with Crippen LogP contribution in [0.4, 0.5) is 8.78 Å². The second-order valence-electron chi connectivity index (χ2n) is 6.20. The van der Waals surface area contributed by atoms with Crippen molar-refractivity contribution in [2.45, 2.75) is 20.3 Å². The van der Waals surface area contributed by atoms with Crippen LogP contribution in [-0.2, 0) is 18.3 Å². The highest BCUT2D eigenvalue weighted by molar-refractivity contribution is 5.78. The van der Waals surface area contributed by atoms with E-state index in [1.165, 1.54) is 13.1 Å². The van der Waals surface area contributed by atoms with Crippen molar-refractivity contribution in [2.24, 2.45) is 7.05 Å². The average Bonchev–Trinajstić information content (AvgIpc) is 2.89. The van der Waals surface area contributed by atoms with E-state index < -0.39 is 11.6 Å². The van der Waals surface area contributed by atoms with Crippen molar-refractivity contribution in [3.63, 3.8) is 0 Å². The van der Waals surface area contributed by atoms with E-state index in [-0.39, 0.29) is 18.2 Å². The Kier molecular flexibility index (Phi) is 4.98. The molecule has 3 aromatic rings. The summed E-state index contributed by atoms with van der Waals surface area (Å²) in [5.74, 6) is -1.86. The Morgan fingerprint density at radius 1 is 1.11 bits per heavy atom. The molecule has 0 unspecified atom stereocenters. The smallest absolute Gasteiger partial charge is 0.227 e. The lowest BCUT2D eigenvalue weighted by molar-refractivity contribution is -0.120. The molecule has 0 spiro atoms. The van der Waals surface area contributed by atoms with Gasteiger partial charge in [0.25, 0.3) is 0 Å². The molecule has 6 nitrogen and oxygen atoms in total. The van der Waals surface area contributed by atoms with Gasteiger partial charge in [-0.1, -0.05) is 0 Å². The fourth-order valence-electron chi connectivity index (χ4n) is 2.88. The number of aromatic nitrogens is 4. The molecule has 0 fully saturated rings. The van der Waals surface area contributed by atoms with Gasteiger partial charge < -0.3 is 5.32 Å². The molecule has 0 saturated heterocycles. The number of nitrogens with zero attached hydrogens (tertiary/aromatic N) is 4. The molecule has 1 amide bonds. The summed E-state index contributed by atoms with van der Waals surface area (Å²) < 4.78 is 28.7. The molecule has 0 atom stereocenters. The Hall–Kier alpha value is -3.16. The van der Waals surface area contributed by atoms with Crippen molar-refractivity contribution in [3.05, 3.63) is 53.1 Å². The third kappa shape index (κ3) is 3.69. The van der Waals surface area contributed by atoms with Gasteiger partial charge in [-0.05, 0) is 38.1 Å². The van der Waals surface area contributed by atoms with Crippen LogP contribution < -0.4 is 5.32 Å². The fourth-order valence-corrected chi connectivity index (χ4v) is 2.88. The van der Waals surface area contributed by atoms with Crippen LogP contribution in [0.1, 0.15) is 17.2 Å². The predicted molar refractivity (Wildman–Crippen MR) is 96.8 cm³/mol. The summed E-state index contributed by atoms with van der Waals surface area (Å²) in [5.41, 5.74) is 3.87. The molecule has 0 radical (unpaired) electrons. The van der Waals surface area contributed by atoms with Gasteiger partial charge in [0.05, 0.1) is 23.5 Å². The molecule has 1 aromatic carbocycles. The second-order valence-corrected chi connectivity index (χ2v) is 6.20. The number of hydrogen-bond donors (Lipinski definition) is 1. The van der Waals surface area contributed by atoms with Crippen molar-refractivity contribution in [1.29, 1.82) is 0 Å². The Morgan fingerprint density at radius 2 is 1.81 bits per heavy atom. The summed E-state index contributed by atoms with van der Waals surface area (Å²) in [6.07, 6.45) is -0.0284. The topological polar surface area (TPSA) is 72.7 Å². The van der Waals surface area contributed by atoms with Gasteiger partial charge in [-0.3, -0.25) is 9.48 Å². The summed E-state index contributed by atoms with van der Waals surface area (Å²) >= 11 is 0. The van der Waals surface area contributed by atoms with Crippen LogP contribution in [-0.4, -0.2) is 32.7 Å². The maximum atomic E-state index is 13.7.